The van der Waals surface area contributed by atoms with E-state index in [2.05, 4.69) is 6.92 Å². The first kappa shape index (κ1) is 18.6. The normalized spacial score (nSPS) is 11.1. The molecular formula is C14H22NiO3S. The number of hydrogen-bond acceptors (Lipinski definition) is 2. The third-order valence-corrected chi connectivity index (χ3v) is 4.00. The Hall–Kier alpha value is -0.376. The Kier molecular flexibility index (Phi) is 9.33. The Morgan fingerprint density at radius 1 is 1.00 bits per heavy atom. The van der Waals surface area contributed by atoms with Gasteiger partial charge < -0.3 is 0 Å². The quantitative estimate of drug-likeness (QED) is 0.448. The Morgan fingerprint density at radius 2 is 1.58 bits per heavy atom. The minimum Gasteiger partial charge on any atom is -0.282 e. The van der Waals surface area contributed by atoms with Gasteiger partial charge in [0.15, 0.2) is 0 Å². The average molecular weight is 329 g/mol. The summed E-state index contributed by atoms with van der Waals surface area (Å²) in [6, 6.07) is 6.67. The van der Waals surface area contributed by atoms with Gasteiger partial charge in [0.05, 0.1) is 4.90 Å². The molecule has 0 aromatic heterocycles. The maximum Gasteiger partial charge on any atom is 0.294 e. The van der Waals surface area contributed by atoms with Crippen LogP contribution in [0, 0.1) is 0 Å². The average Bonchev–Trinajstić information content (AvgIpc) is 2.33. The number of unbranched alkanes of at least 4 members (excludes halogenated alkanes) is 5. The molecule has 5 heteroatoms. The molecule has 0 saturated carbocycles. The predicted octanol–water partition coefficient (Wildman–Crippen LogP) is 3.83. The van der Waals surface area contributed by atoms with Crippen LogP contribution in [0.1, 0.15) is 51.0 Å². The summed E-state index contributed by atoms with van der Waals surface area (Å²) >= 11 is 0. The molecule has 112 valence electrons. The number of benzene rings is 1. The molecule has 0 heterocycles. The van der Waals surface area contributed by atoms with Gasteiger partial charge in [0.1, 0.15) is 0 Å². The van der Waals surface area contributed by atoms with Crippen LogP contribution in [0.4, 0.5) is 0 Å². The zero-order chi connectivity index (χ0) is 13.4. The van der Waals surface area contributed by atoms with Gasteiger partial charge in [0, 0.05) is 16.5 Å². The fourth-order valence-corrected chi connectivity index (χ4v) is 2.81. The zero-order valence-electron chi connectivity index (χ0n) is 11.2. The van der Waals surface area contributed by atoms with E-state index in [4.69, 9.17) is 4.55 Å². The predicted molar refractivity (Wildman–Crippen MR) is 73.3 cm³/mol. The minimum absolute atomic E-state index is 0. The molecule has 0 saturated heterocycles. The summed E-state index contributed by atoms with van der Waals surface area (Å²) in [5.41, 5.74) is 0.718. The van der Waals surface area contributed by atoms with Crippen LogP contribution in [0.5, 0.6) is 0 Å². The van der Waals surface area contributed by atoms with Gasteiger partial charge in [0.25, 0.3) is 10.1 Å². The van der Waals surface area contributed by atoms with Crippen LogP contribution in [0.3, 0.4) is 0 Å². The SMILES string of the molecule is CCCCCCCCc1ccccc1S(=O)(=O)O.[Ni]. The molecule has 0 bridgehead atoms. The molecule has 0 radical (unpaired) electrons. The molecular weight excluding hydrogens is 307 g/mol. The first-order valence-corrected chi connectivity index (χ1v) is 8.05. The fraction of sp³-hybridized carbons (Fsp3) is 0.571. The van der Waals surface area contributed by atoms with E-state index in [9.17, 15) is 8.42 Å². The van der Waals surface area contributed by atoms with Crippen molar-refractivity contribution in [2.45, 2.75) is 56.8 Å². The summed E-state index contributed by atoms with van der Waals surface area (Å²) in [6.07, 6.45) is 7.73. The third-order valence-electron chi connectivity index (χ3n) is 3.05. The van der Waals surface area contributed by atoms with E-state index in [1.165, 1.54) is 31.7 Å². The van der Waals surface area contributed by atoms with E-state index in [0.29, 0.717) is 6.42 Å². The second kappa shape index (κ2) is 9.52. The topological polar surface area (TPSA) is 54.4 Å². The Labute approximate surface area is 126 Å². The van der Waals surface area contributed by atoms with Crippen molar-refractivity contribution in [2.24, 2.45) is 0 Å². The van der Waals surface area contributed by atoms with Gasteiger partial charge in [-0.25, -0.2) is 0 Å². The van der Waals surface area contributed by atoms with Crippen molar-refractivity contribution in [1.82, 2.24) is 0 Å². The van der Waals surface area contributed by atoms with E-state index in [1.807, 2.05) is 0 Å². The fourth-order valence-electron chi connectivity index (χ4n) is 2.06. The zero-order valence-corrected chi connectivity index (χ0v) is 13.1. The van der Waals surface area contributed by atoms with Gasteiger partial charge in [0.2, 0.25) is 0 Å². The maximum absolute atomic E-state index is 11.2. The van der Waals surface area contributed by atoms with Crippen LogP contribution in [-0.4, -0.2) is 13.0 Å². The van der Waals surface area contributed by atoms with Crippen LogP contribution in [0.2, 0.25) is 0 Å². The molecule has 1 aromatic rings. The molecule has 0 aliphatic carbocycles. The van der Waals surface area contributed by atoms with E-state index in [0.717, 1.165) is 18.4 Å². The Morgan fingerprint density at radius 3 is 2.21 bits per heavy atom. The molecule has 0 spiro atoms. The number of hydrogen-bond donors (Lipinski definition) is 1. The summed E-state index contributed by atoms with van der Waals surface area (Å²) in [5.74, 6) is 0. The van der Waals surface area contributed by atoms with Gasteiger partial charge in [-0.2, -0.15) is 8.42 Å². The first-order chi connectivity index (χ1) is 8.55. The van der Waals surface area contributed by atoms with Crippen molar-refractivity contribution in [1.29, 1.82) is 0 Å². The largest absolute Gasteiger partial charge is 0.294 e. The van der Waals surface area contributed by atoms with Gasteiger partial charge in [-0.1, -0.05) is 57.2 Å². The van der Waals surface area contributed by atoms with Crippen molar-refractivity contribution in [3.8, 4) is 0 Å². The molecule has 3 nitrogen and oxygen atoms in total. The van der Waals surface area contributed by atoms with Crippen LogP contribution >= 0.6 is 0 Å². The maximum atomic E-state index is 11.2. The van der Waals surface area contributed by atoms with Crippen LogP contribution in [-0.2, 0) is 33.0 Å². The van der Waals surface area contributed by atoms with Crippen molar-refractivity contribution < 1.29 is 29.5 Å². The molecule has 0 atom stereocenters. The molecule has 0 fully saturated rings. The monoisotopic (exact) mass is 328 g/mol. The smallest absolute Gasteiger partial charge is 0.282 e. The molecule has 19 heavy (non-hydrogen) atoms. The number of rotatable bonds is 8. The summed E-state index contributed by atoms with van der Waals surface area (Å²) in [5, 5.41) is 0. The van der Waals surface area contributed by atoms with Crippen molar-refractivity contribution in [3.05, 3.63) is 29.8 Å². The van der Waals surface area contributed by atoms with Crippen LogP contribution < -0.4 is 0 Å². The van der Waals surface area contributed by atoms with E-state index in [-0.39, 0.29) is 21.4 Å². The van der Waals surface area contributed by atoms with Gasteiger partial charge in [-0.15, -0.1) is 0 Å². The Bertz CT molecular complexity index is 458. The van der Waals surface area contributed by atoms with E-state index >= 15 is 0 Å². The van der Waals surface area contributed by atoms with E-state index < -0.39 is 10.1 Å². The van der Waals surface area contributed by atoms with Crippen LogP contribution in [0.25, 0.3) is 0 Å². The first-order valence-electron chi connectivity index (χ1n) is 6.61. The summed E-state index contributed by atoms with van der Waals surface area (Å²) < 4.78 is 31.5. The summed E-state index contributed by atoms with van der Waals surface area (Å²) in [6.45, 7) is 2.18. The summed E-state index contributed by atoms with van der Waals surface area (Å²) in [4.78, 5) is 0.0542. The number of aryl methyl sites for hydroxylation is 1. The van der Waals surface area contributed by atoms with E-state index in [1.54, 1.807) is 18.2 Å². The standard InChI is InChI=1S/C14H22O3S.Ni/c1-2-3-4-5-6-7-10-13-11-8-9-12-14(13)18(15,16)17;/h8-9,11-12H,2-7,10H2,1H3,(H,15,16,17);. The molecule has 0 aliphatic rings. The molecule has 1 rings (SSSR count). The Balaban J connectivity index is 0.00000324. The second-order valence-electron chi connectivity index (χ2n) is 4.60. The molecule has 0 aliphatic heterocycles. The van der Waals surface area contributed by atoms with Gasteiger partial charge >= 0.3 is 0 Å². The molecule has 0 unspecified atom stereocenters. The summed E-state index contributed by atoms with van der Waals surface area (Å²) in [7, 11) is -4.08. The van der Waals surface area contributed by atoms with Gasteiger partial charge in [-0.3, -0.25) is 4.55 Å². The van der Waals surface area contributed by atoms with Crippen molar-refractivity contribution in [2.75, 3.05) is 0 Å². The third kappa shape index (κ3) is 7.09. The molecule has 1 aromatic carbocycles. The minimum atomic E-state index is -4.08. The molecule has 1 N–H and O–H groups in total. The van der Waals surface area contributed by atoms with Crippen molar-refractivity contribution >= 4 is 10.1 Å². The van der Waals surface area contributed by atoms with Crippen LogP contribution in [0.15, 0.2) is 29.2 Å². The second-order valence-corrected chi connectivity index (χ2v) is 5.99. The van der Waals surface area contributed by atoms with Gasteiger partial charge in [-0.05, 0) is 24.5 Å². The van der Waals surface area contributed by atoms with Crippen molar-refractivity contribution in [3.63, 3.8) is 0 Å². The molecule has 0 amide bonds.